The van der Waals surface area contributed by atoms with Crippen LogP contribution in [0.1, 0.15) is 21.5 Å². The molecule has 0 saturated carbocycles. The van der Waals surface area contributed by atoms with Crippen LogP contribution < -0.4 is 14.8 Å². The molecule has 0 heterocycles. The maximum absolute atomic E-state index is 13.9. The summed E-state index contributed by atoms with van der Waals surface area (Å²) in [5.41, 5.74) is 2.24. The van der Waals surface area contributed by atoms with E-state index >= 15 is 0 Å². The van der Waals surface area contributed by atoms with E-state index in [1.54, 1.807) is 30.3 Å². The number of carbonyl (C=O) groups is 1. The standard InChI is InChI=1S/C22H19ClFNO4/c1-28-21-11-14(12-25-16-8-6-15(7-9-16)22(26)27)5-10-20(21)29-13-17-18(23)3-2-4-19(17)24/h2-11,25H,12-13H2,1H3,(H,26,27). The van der Waals surface area contributed by atoms with Gasteiger partial charge in [-0.05, 0) is 54.1 Å². The molecule has 0 aliphatic carbocycles. The Morgan fingerprint density at radius 1 is 1.10 bits per heavy atom. The highest BCUT2D eigenvalue weighted by Crippen LogP contribution is 2.30. The Morgan fingerprint density at radius 3 is 2.52 bits per heavy atom. The third-order valence-corrected chi connectivity index (χ3v) is 4.64. The molecule has 29 heavy (non-hydrogen) atoms. The molecule has 0 bridgehead atoms. The fourth-order valence-corrected chi connectivity index (χ4v) is 2.91. The van der Waals surface area contributed by atoms with Gasteiger partial charge in [-0.15, -0.1) is 0 Å². The normalized spacial score (nSPS) is 10.4. The maximum Gasteiger partial charge on any atom is 0.335 e. The molecular formula is C22H19ClFNO4. The van der Waals surface area contributed by atoms with Crippen molar-refractivity contribution in [3.63, 3.8) is 0 Å². The van der Waals surface area contributed by atoms with E-state index in [0.29, 0.717) is 23.1 Å². The van der Waals surface area contributed by atoms with Crippen LogP contribution in [0.25, 0.3) is 0 Å². The fraction of sp³-hybridized carbons (Fsp3) is 0.136. The van der Waals surface area contributed by atoms with Gasteiger partial charge in [0.25, 0.3) is 0 Å². The lowest BCUT2D eigenvalue weighted by Gasteiger charge is -2.14. The van der Waals surface area contributed by atoms with Crippen LogP contribution in [0.3, 0.4) is 0 Å². The Balaban J connectivity index is 1.66. The van der Waals surface area contributed by atoms with Crippen molar-refractivity contribution in [2.75, 3.05) is 12.4 Å². The van der Waals surface area contributed by atoms with Crippen LogP contribution in [0.2, 0.25) is 5.02 Å². The number of methoxy groups -OCH3 is 1. The Labute approximate surface area is 172 Å². The molecule has 0 saturated heterocycles. The molecule has 0 aliphatic rings. The topological polar surface area (TPSA) is 67.8 Å². The lowest BCUT2D eigenvalue weighted by atomic mass is 10.1. The van der Waals surface area contributed by atoms with Gasteiger partial charge in [0.05, 0.1) is 17.7 Å². The number of ether oxygens (including phenoxy) is 2. The molecule has 0 amide bonds. The van der Waals surface area contributed by atoms with Crippen LogP contribution in [0.4, 0.5) is 10.1 Å². The second-order valence-electron chi connectivity index (χ2n) is 6.21. The van der Waals surface area contributed by atoms with Gasteiger partial charge in [0, 0.05) is 17.8 Å². The number of hydrogen-bond donors (Lipinski definition) is 2. The third-order valence-electron chi connectivity index (χ3n) is 4.29. The summed E-state index contributed by atoms with van der Waals surface area (Å²) < 4.78 is 25.0. The SMILES string of the molecule is COc1cc(CNc2ccc(C(=O)O)cc2)ccc1OCc1c(F)cccc1Cl. The summed E-state index contributed by atoms with van der Waals surface area (Å²) in [4.78, 5) is 10.9. The van der Waals surface area contributed by atoms with Gasteiger partial charge in [0.2, 0.25) is 0 Å². The first-order chi connectivity index (χ1) is 14.0. The summed E-state index contributed by atoms with van der Waals surface area (Å²) in [6.45, 7) is 0.484. The molecule has 2 N–H and O–H groups in total. The number of carboxylic acid groups (broad SMARTS) is 1. The zero-order valence-corrected chi connectivity index (χ0v) is 16.4. The summed E-state index contributed by atoms with van der Waals surface area (Å²) >= 11 is 6.03. The first-order valence-electron chi connectivity index (χ1n) is 8.77. The monoisotopic (exact) mass is 415 g/mol. The number of hydrogen-bond acceptors (Lipinski definition) is 4. The Hall–Kier alpha value is -3.25. The van der Waals surface area contributed by atoms with Gasteiger partial charge in [-0.3, -0.25) is 0 Å². The van der Waals surface area contributed by atoms with E-state index < -0.39 is 11.8 Å². The Kier molecular flexibility index (Phi) is 6.57. The van der Waals surface area contributed by atoms with Crippen LogP contribution >= 0.6 is 11.6 Å². The zero-order chi connectivity index (χ0) is 20.8. The van der Waals surface area contributed by atoms with Crippen molar-refractivity contribution < 1.29 is 23.8 Å². The fourth-order valence-electron chi connectivity index (χ4n) is 2.70. The molecule has 7 heteroatoms. The molecule has 0 spiro atoms. The maximum atomic E-state index is 13.9. The molecule has 3 aromatic carbocycles. The van der Waals surface area contributed by atoms with Gasteiger partial charge in [-0.2, -0.15) is 0 Å². The van der Waals surface area contributed by atoms with Gasteiger partial charge < -0.3 is 19.9 Å². The van der Waals surface area contributed by atoms with Crippen LogP contribution in [-0.2, 0) is 13.2 Å². The summed E-state index contributed by atoms with van der Waals surface area (Å²) in [5, 5.41) is 12.5. The quantitative estimate of drug-likeness (QED) is 0.517. The highest BCUT2D eigenvalue weighted by molar-refractivity contribution is 6.31. The highest BCUT2D eigenvalue weighted by atomic mass is 35.5. The largest absolute Gasteiger partial charge is 0.493 e. The van der Waals surface area contributed by atoms with Crippen molar-refractivity contribution >= 4 is 23.3 Å². The van der Waals surface area contributed by atoms with E-state index in [9.17, 15) is 9.18 Å². The molecule has 0 fully saturated rings. The number of halogens is 2. The van der Waals surface area contributed by atoms with E-state index in [1.165, 1.54) is 25.3 Å². The molecule has 0 aliphatic heterocycles. The number of anilines is 1. The lowest BCUT2D eigenvalue weighted by molar-refractivity contribution is 0.0697. The third kappa shape index (κ3) is 5.18. The molecule has 3 aromatic rings. The molecule has 150 valence electrons. The van der Waals surface area contributed by atoms with E-state index in [-0.39, 0.29) is 17.7 Å². The average molecular weight is 416 g/mol. The van der Waals surface area contributed by atoms with E-state index in [0.717, 1.165) is 11.3 Å². The van der Waals surface area contributed by atoms with Gasteiger partial charge >= 0.3 is 5.97 Å². The first-order valence-corrected chi connectivity index (χ1v) is 9.15. The van der Waals surface area contributed by atoms with Crippen LogP contribution in [0.5, 0.6) is 11.5 Å². The van der Waals surface area contributed by atoms with Crippen molar-refractivity contribution in [1.29, 1.82) is 0 Å². The summed E-state index contributed by atoms with van der Waals surface area (Å²) in [6, 6.07) is 16.4. The minimum Gasteiger partial charge on any atom is -0.493 e. The van der Waals surface area contributed by atoms with Gasteiger partial charge in [-0.1, -0.05) is 23.7 Å². The van der Waals surface area contributed by atoms with Gasteiger partial charge in [0.15, 0.2) is 11.5 Å². The number of rotatable bonds is 8. The minimum atomic E-state index is -0.964. The van der Waals surface area contributed by atoms with Crippen LogP contribution in [0.15, 0.2) is 60.7 Å². The molecular weight excluding hydrogens is 397 g/mol. The van der Waals surface area contributed by atoms with E-state index in [2.05, 4.69) is 5.32 Å². The predicted molar refractivity (Wildman–Crippen MR) is 109 cm³/mol. The molecule has 5 nitrogen and oxygen atoms in total. The molecule has 0 aromatic heterocycles. The Morgan fingerprint density at radius 2 is 1.86 bits per heavy atom. The molecule has 0 radical (unpaired) electrons. The zero-order valence-electron chi connectivity index (χ0n) is 15.6. The first kappa shape index (κ1) is 20.5. The summed E-state index contributed by atoms with van der Waals surface area (Å²) in [7, 11) is 1.53. The van der Waals surface area contributed by atoms with Crippen molar-refractivity contribution in [1.82, 2.24) is 0 Å². The van der Waals surface area contributed by atoms with E-state index in [1.807, 2.05) is 12.1 Å². The lowest BCUT2D eigenvalue weighted by Crippen LogP contribution is -2.03. The highest BCUT2D eigenvalue weighted by Gasteiger charge is 2.11. The van der Waals surface area contributed by atoms with Gasteiger partial charge in [0.1, 0.15) is 12.4 Å². The van der Waals surface area contributed by atoms with Crippen LogP contribution in [-0.4, -0.2) is 18.2 Å². The average Bonchev–Trinajstić information content (AvgIpc) is 2.72. The summed E-state index contributed by atoms with van der Waals surface area (Å²) in [5.74, 6) is -0.404. The number of carboxylic acids is 1. The smallest absolute Gasteiger partial charge is 0.335 e. The van der Waals surface area contributed by atoms with Gasteiger partial charge in [-0.25, -0.2) is 9.18 Å². The Bertz CT molecular complexity index is 988. The van der Waals surface area contributed by atoms with Crippen molar-refractivity contribution in [3.8, 4) is 11.5 Å². The minimum absolute atomic E-state index is 0.0185. The second kappa shape index (κ2) is 9.30. The summed E-state index contributed by atoms with van der Waals surface area (Å²) in [6.07, 6.45) is 0. The van der Waals surface area contributed by atoms with E-state index in [4.69, 9.17) is 26.2 Å². The van der Waals surface area contributed by atoms with Crippen molar-refractivity contribution in [3.05, 3.63) is 88.2 Å². The predicted octanol–water partition coefficient (Wildman–Crippen LogP) is 5.38. The number of benzene rings is 3. The number of nitrogens with one attached hydrogen (secondary N) is 1. The van der Waals surface area contributed by atoms with Crippen molar-refractivity contribution in [2.45, 2.75) is 13.2 Å². The molecule has 0 unspecified atom stereocenters. The number of aromatic carboxylic acids is 1. The van der Waals surface area contributed by atoms with Crippen molar-refractivity contribution in [2.24, 2.45) is 0 Å². The second-order valence-corrected chi connectivity index (χ2v) is 6.62. The molecule has 3 rings (SSSR count). The molecule has 0 atom stereocenters. The van der Waals surface area contributed by atoms with Crippen LogP contribution in [0, 0.1) is 5.82 Å².